The molecule has 0 saturated heterocycles. The maximum Gasteiger partial charge on any atom is 0.275 e. The number of methoxy groups -OCH3 is 1. The summed E-state index contributed by atoms with van der Waals surface area (Å²) in [5.41, 5.74) is 2.10. The minimum atomic E-state index is -0.318. The van der Waals surface area contributed by atoms with Gasteiger partial charge in [-0.15, -0.1) is 0 Å². The molecule has 7 heteroatoms. The van der Waals surface area contributed by atoms with Crippen molar-refractivity contribution in [2.24, 2.45) is 0 Å². The lowest BCUT2D eigenvalue weighted by Crippen LogP contribution is -2.22. The van der Waals surface area contributed by atoms with Gasteiger partial charge in [-0.1, -0.05) is 6.07 Å². The Morgan fingerprint density at radius 3 is 2.67 bits per heavy atom. The van der Waals surface area contributed by atoms with Crippen molar-refractivity contribution in [2.75, 3.05) is 30.9 Å². The van der Waals surface area contributed by atoms with E-state index in [2.05, 4.69) is 20.3 Å². The van der Waals surface area contributed by atoms with E-state index in [0.29, 0.717) is 17.3 Å². The molecule has 0 saturated carbocycles. The first-order chi connectivity index (χ1) is 13.2. The summed E-state index contributed by atoms with van der Waals surface area (Å²) in [7, 11) is 3.53. The summed E-state index contributed by atoms with van der Waals surface area (Å²) in [6.07, 6.45) is 7.52. The smallest absolute Gasteiger partial charge is 0.275 e. The standard InChI is InChI=1S/C20H21N5O2/c1-25(11-8-15-6-9-21-10-7-15)19-14-22-18(13-23-19)20(26)24-16-4-3-5-17(12-16)27-2/h3-7,9-10,12-14H,8,11H2,1-2H3,(H,24,26). The van der Waals surface area contributed by atoms with Gasteiger partial charge in [0.15, 0.2) is 0 Å². The van der Waals surface area contributed by atoms with E-state index < -0.39 is 0 Å². The summed E-state index contributed by atoms with van der Waals surface area (Å²) in [4.78, 5) is 26.9. The summed E-state index contributed by atoms with van der Waals surface area (Å²) < 4.78 is 5.15. The first kappa shape index (κ1) is 18.3. The van der Waals surface area contributed by atoms with Gasteiger partial charge in [-0.25, -0.2) is 9.97 Å². The van der Waals surface area contributed by atoms with Crippen molar-refractivity contribution in [3.05, 3.63) is 72.4 Å². The Bertz CT molecular complexity index is 884. The molecule has 3 aromatic rings. The molecule has 0 bridgehead atoms. The molecule has 3 rings (SSSR count). The Balaban J connectivity index is 1.59. The molecule has 0 fully saturated rings. The Morgan fingerprint density at radius 1 is 1.15 bits per heavy atom. The lowest BCUT2D eigenvalue weighted by atomic mass is 10.2. The first-order valence-corrected chi connectivity index (χ1v) is 8.53. The number of carbonyl (C=O) groups is 1. The van der Waals surface area contributed by atoms with Crippen LogP contribution in [0, 0.1) is 0 Å². The SMILES string of the molecule is COc1cccc(NC(=O)c2cnc(N(C)CCc3ccncc3)cn2)c1. The van der Waals surface area contributed by atoms with Crippen LogP contribution in [0.5, 0.6) is 5.75 Å². The molecule has 7 nitrogen and oxygen atoms in total. The van der Waals surface area contributed by atoms with Crippen molar-refractivity contribution in [3.63, 3.8) is 0 Å². The average Bonchev–Trinajstić information content (AvgIpc) is 2.73. The lowest BCUT2D eigenvalue weighted by molar-refractivity contribution is 0.102. The van der Waals surface area contributed by atoms with Crippen molar-refractivity contribution in [2.45, 2.75) is 6.42 Å². The van der Waals surface area contributed by atoms with Crippen molar-refractivity contribution in [3.8, 4) is 5.75 Å². The number of benzene rings is 1. The Kier molecular flexibility index (Phi) is 5.94. The largest absolute Gasteiger partial charge is 0.497 e. The summed E-state index contributed by atoms with van der Waals surface area (Å²) >= 11 is 0. The molecule has 1 amide bonds. The third-order valence-corrected chi connectivity index (χ3v) is 4.07. The van der Waals surface area contributed by atoms with E-state index in [9.17, 15) is 4.79 Å². The Hall–Kier alpha value is -3.48. The molecule has 0 radical (unpaired) electrons. The van der Waals surface area contributed by atoms with Gasteiger partial charge in [0.1, 0.15) is 17.3 Å². The van der Waals surface area contributed by atoms with E-state index in [1.165, 1.54) is 11.8 Å². The molecule has 138 valence electrons. The zero-order chi connectivity index (χ0) is 19.1. The number of ether oxygens (including phenoxy) is 1. The normalized spacial score (nSPS) is 10.3. The summed E-state index contributed by atoms with van der Waals surface area (Å²) in [5.74, 6) is 1.06. The summed E-state index contributed by atoms with van der Waals surface area (Å²) in [5, 5.41) is 2.79. The Morgan fingerprint density at radius 2 is 1.96 bits per heavy atom. The molecule has 2 aromatic heterocycles. The van der Waals surface area contributed by atoms with Crippen LogP contribution in [-0.4, -0.2) is 41.6 Å². The number of anilines is 2. The molecule has 0 aliphatic carbocycles. The molecule has 1 aromatic carbocycles. The van der Waals surface area contributed by atoms with Crippen molar-refractivity contribution < 1.29 is 9.53 Å². The summed E-state index contributed by atoms with van der Waals surface area (Å²) in [6, 6.07) is 11.1. The number of nitrogens with one attached hydrogen (secondary N) is 1. The number of aromatic nitrogens is 3. The monoisotopic (exact) mass is 363 g/mol. The molecule has 2 heterocycles. The van der Waals surface area contributed by atoms with Crippen LogP contribution >= 0.6 is 0 Å². The highest BCUT2D eigenvalue weighted by molar-refractivity contribution is 6.02. The van der Waals surface area contributed by atoms with Gasteiger partial charge in [0, 0.05) is 37.7 Å². The number of pyridine rings is 1. The average molecular weight is 363 g/mol. The van der Waals surface area contributed by atoms with E-state index in [4.69, 9.17) is 4.74 Å². The fraction of sp³-hybridized carbons (Fsp3) is 0.200. The van der Waals surface area contributed by atoms with E-state index in [-0.39, 0.29) is 11.6 Å². The third-order valence-electron chi connectivity index (χ3n) is 4.07. The van der Waals surface area contributed by atoms with Crippen LogP contribution < -0.4 is 15.0 Å². The number of rotatable bonds is 7. The number of likely N-dealkylation sites (N-methyl/N-ethyl adjacent to an activating group) is 1. The van der Waals surface area contributed by atoms with E-state index in [1.807, 2.05) is 30.1 Å². The Labute approximate surface area is 158 Å². The van der Waals surface area contributed by atoms with Crippen LogP contribution in [0.15, 0.2) is 61.2 Å². The predicted octanol–water partition coefficient (Wildman–Crippen LogP) is 2.81. The highest BCUT2D eigenvalue weighted by Gasteiger charge is 2.10. The second-order valence-corrected chi connectivity index (χ2v) is 5.97. The van der Waals surface area contributed by atoms with Gasteiger partial charge in [0.05, 0.1) is 19.5 Å². The zero-order valence-electron chi connectivity index (χ0n) is 15.3. The zero-order valence-corrected chi connectivity index (χ0v) is 15.3. The number of hydrogen-bond acceptors (Lipinski definition) is 6. The number of nitrogens with zero attached hydrogens (tertiary/aromatic N) is 4. The van der Waals surface area contributed by atoms with E-state index in [0.717, 1.165) is 13.0 Å². The van der Waals surface area contributed by atoms with Gasteiger partial charge < -0.3 is 15.0 Å². The molecular formula is C20H21N5O2. The fourth-order valence-electron chi connectivity index (χ4n) is 2.49. The summed E-state index contributed by atoms with van der Waals surface area (Å²) in [6.45, 7) is 0.786. The minimum Gasteiger partial charge on any atom is -0.497 e. The van der Waals surface area contributed by atoms with Crippen LogP contribution in [0.25, 0.3) is 0 Å². The van der Waals surface area contributed by atoms with E-state index in [1.54, 1.807) is 43.9 Å². The minimum absolute atomic E-state index is 0.254. The predicted molar refractivity (Wildman–Crippen MR) is 104 cm³/mol. The molecule has 0 aliphatic rings. The van der Waals surface area contributed by atoms with Gasteiger partial charge >= 0.3 is 0 Å². The van der Waals surface area contributed by atoms with Gasteiger partial charge in [0.2, 0.25) is 0 Å². The van der Waals surface area contributed by atoms with Crippen LogP contribution in [0.1, 0.15) is 16.1 Å². The number of hydrogen-bond donors (Lipinski definition) is 1. The number of amides is 1. The third kappa shape index (κ3) is 5.01. The molecular weight excluding hydrogens is 342 g/mol. The van der Waals surface area contributed by atoms with Crippen LogP contribution in [-0.2, 0) is 6.42 Å². The molecule has 0 aliphatic heterocycles. The maximum absolute atomic E-state index is 12.3. The van der Waals surface area contributed by atoms with Gasteiger partial charge in [-0.05, 0) is 36.2 Å². The van der Waals surface area contributed by atoms with Crippen molar-refractivity contribution >= 4 is 17.4 Å². The quantitative estimate of drug-likeness (QED) is 0.695. The van der Waals surface area contributed by atoms with Crippen LogP contribution in [0.3, 0.4) is 0 Å². The molecule has 0 unspecified atom stereocenters. The number of carbonyl (C=O) groups excluding carboxylic acids is 1. The lowest BCUT2D eigenvalue weighted by Gasteiger charge is -2.17. The van der Waals surface area contributed by atoms with Gasteiger partial charge in [-0.3, -0.25) is 9.78 Å². The van der Waals surface area contributed by atoms with Crippen molar-refractivity contribution in [1.82, 2.24) is 15.0 Å². The first-order valence-electron chi connectivity index (χ1n) is 8.53. The van der Waals surface area contributed by atoms with Crippen LogP contribution in [0.2, 0.25) is 0 Å². The second-order valence-electron chi connectivity index (χ2n) is 5.97. The fourth-order valence-corrected chi connectivity index (χ4v) is 2.49. The molecule has 0 spiro atoms. The maximum atomic E-state index is 12.3. The molecule has 27 heavy (non-hydrogen) atoms. The highest BCUT2D eigenvalue weighted by Crippen LogP contribution is 2.17. The topological polar surface area (TPSA) is 80.2 Å². The highest BCUT2D eigenvalue weighted by atomic mass is 16.5. The molecule has 0 atom stereocenters. The second kappa shape index (κ2) is 8.75. The van der Waals surface area contributed by atoms with Gasteiger partial charge in [-0.2, -0.15) is 0 Å². The van der Waals surface area contributed by atoms with Crippen molar-refractivity contribution in [1.29, 1.82) is 0 Å². The van der Waals surface area contributed by atoms with E-state index >= 15 is 0 Å². The van der Waals surface area contributed by atoms with Crippen LogP contribution in [0.4, 0.5) is 11.5 Å². The molecule has 1 N–H and O–H groups in total. The van der Waals surface area contributed by atoms with Gasteiger partial charge in [0.25, 0.3) is 5.91 Å².